The van der Waals surface area contributed by atoms with Crippen molar-refractivity contribution in [3.8, 4) is 11.3 Å². The van der Waals surface area contributed by atoms with Gasteiger partial charge in [0.05, 0.1) is 11.4 Å². The average molecular weight is 467 g/mol. The molecule has 7 nitrogen and oxygen atoms in total. The third-order valence-corrected chi connectivity index (χ3v) is 6.11. The van der Waals surface area contributed by atoms with Gasteiger partial charge < -0.3 is 5.32 Å². The number of rotatable bonds is 5. The summed E-state index contributed by atoms with van der Waals surface area (Å²) >= 11 is 7.30. The Morgan fingerprint density at radius 2 is 1.94 bits per heavy atom. The molecule has 0 saturated heterocycles. The molecule has 3 aromatic heterocycles. The molecule has 0 radical (unpaired) electrons. The van der Waals surface area contributed by atoms with Gasteiger partial charge in [-0.15, -0.1) is 10.2 Å². The Morgan fingerprint density at radius 1 is 1.12 bits per heavy atom. The van der Waals surface area contributed by atoms with Crippen LogP contribution in [0.4, 0.5) is 10.1 Å². The fraction of sp³-hybridized carbons (Fsp3) is 0.0909. The summed E-state index contributed by atoms with van der Waals surface area (Å²) in [5.74, 6) is -0.299. The predicted octanol–water partition coefficient (Wildman–Crippen LogP) is 4.88. The van der Waals surface area contributed by atoms with Gasteiger partial charge in [-0.1, -0.05) is 29.4 Å². The van der Waals surface area contributed by atoms with Crippen molar-refractivity contribution in [3.05, 3.63) is 77.3 Å². The number of fused-ring (bicyclic) bond motifs is 3. The van der Waals surface area contributed by atoms with Crippen molar-refractivity contribution in [2.45, 2.75) is 12.1 Å². The van der Waals surface area contributed by atoms with Crippen molar-refractivity contribution in [3.63, 3.8) is 0 Å². The number of nitrogens with one attached hydrogen (secondary N) is 1. The Balaban J connectivity index is 1.37. The van der Waals surface area contributed by atoms with Crippen molar-refractivity contribution in [2.75, 3.05) is 11.1 Å². The van der Waals surface area contributed by atoms with Crippen LogP contribution < -0.4 is 5.32 Å². The molecule has 32 heavy (non-hydrogen) atoms. The van der Waals surface area contributed by atoms with Crippen molar-refractivity contribution in [1.82, 2.24) is 24.2 Å². The second-order valence-electron chi connectivity index (χ2n) is 7.14. The molecule has 1 amide bonds. The van der Waals surface area contributed by atoms with Crippen LogP contribution in [0.2, 0.25) is 5.02 Å². The largest absolute Gasteiger partial charge is 0.325 e. The van der Waals surface area contributed by atoms with Gasteiger partial charge in [0.15, 0.2) is 10.8 Å². The van der Waals surface area contributed by atoms with Crippen LogP contribution in [0.15, 0.2) is 66.1 Å². The number of halogens is 2. The van der Waals surface area contributed by atoms with E-state index in [0.717, 1.165) is 16.6 Å². The average Bonchev–Trinajstić information content (AvgIpc) is 3.39. The maximum absolute atomic E-state index is 13.2. The van der Waals surface area contributed by atoms with Crippen molar-refractivity contribution in [1.29, 1.82) is 0 Å². The maximum atomic E-state index is 13.2. The number of hydrogen-bond donors (Lipinski definition) is 1. The molecule has 10 heteroatoms. The molecule has 0 saturated carbocycles. The number of benzene rings is 2. The van der Waals surface area contributed by atoms with Gasteiger partial charge in [0, 0.05) is 28.7 Å². The van der Waals surface area contributed by atoms with Crippen molar-refractivity contribution >= 4 is 46.1 Å². The molecular formula is C22H16ClFN6OS. The summed E-state index contributed by atoms with van der Waals surface area (Å²) < 4.78 is 16.7. The fourth-order valence-electron chi connectivity index (χ4n) is 3.30. The third-order valence-electron chi connectivity index (χ3n) is 4.93. The molecule has 1 N–H and O–H groups in total. The van der Waals surface area contributed by atoms with Gasteiger partial charge in [0.1, 0.15) is 11.3 Å². The highest BCUT2D eigenvalue weighted by molar-refractivity contribution is 7.99. The molecule has 3 heterocycles. The van der Waals surface area contributed by atoms with E-state index in [-0.39, 0.29) is 17.5 Å². The van der Waals surface area contributed by atoms with Gasteiger partial charge >= 0.3 is 0 Å². The molecule has 0 aliphatic heterocycles. The monoisotopic (exact) mass is 466 g/mol. The first-order valence-electron chi connectivity index (χ1n) is 9.66. The van der Waals surface area contributed by atoms with E-state index in [2.05, 4.69) is 20.6 Å². The van der Waals surface area contributed by atoms with E-state index < -0.39 is 0 Å². The number of nitrogens with zero attached hydrogens (tertiary/aromatic N) is 5. The second-order valence-corrected chi connectivity index (χ2v) is 8.52. The standard InChI is InChI=1S/C22H16ClFN6OS/c1-13-2-5-15(23)10-17(13)25-20(31)12-32-22-27-26-21-19-11-18(14-3-6-16(24)7-4-14)28-30(19)9-8-29(21)22/h2-11H,12H2,1H3,(H,25,31). The Hall–Kier alpha value is -3.43. The number of amides is 1. The van der Waals surface area contributed by atoms with Crippen LogP contribution in [0, 0.1) is 12.7 Å². The fourth-order valence-corrected chi connectivity index (χ4v) is 4.19. The van der Waals surface area contributed by atoms with Gasteiger partial charge in [-0.05, 0) is 55.0 Å². The lowest BCUT2D eigenvalue weighted by molar-refractivity contribution is -0.113. The van der Waals surface area contributed by atoms with Crippen molar-refractivity contribution in [2.24, 2.45) is 0 Å². The molecule has 0 aliphatic rings. The third kappa shape index (κ3) is 3.92. The topological polar surface area (TPSA) is 76.6 Å². The number of hydrogen-bond acceptors (Lipinski definition) is 5. The molecule has 160 valence electrons. The lowest BCUT2D eigenvalue weighted by Crippen LogP contribution is -2.15. The first-order valence-corrected chi connectivity index (χ1v) is 11.0. The molecular weight excluding hydrogens is 451 g/mol. The molecule has 0 bridgehead atoms. The Morgan fingerprint density at radius 3 is 2.75 bits per heavy atom. The normalized spacial score (nSPS) is 11.3. The number of aromatic nitrogens is 5. The smallest absolute Gasteiger partial charge is 0.234 e. The highest BCUT2D eigenvalue weighted by atomic mass is 35.5. The van der Waals surface area contributed by atoms with E-state index in [1.165, 1.54) is 23.9 Å². The molecule has 0 spiro atoms. The van der Waals surface area contributed by atoms with Gasteiger partial charge in [0.2, 0.25) is 5.91 Å². The van der Waals surface area contributed by atoms with Gasteiger partial charge in [-0.2, -0.15) is 5.10 Å². The first-order chi connectivity index (χ1) is 15.5. The van der Waals surface area contributed by atoms with E-state index in [4.69, 9.17) is 11.6 Å². The van der Waals surface area contributed by atoms with Crippen LogP contribution >= 0.6 is 23.4 Å². The minimum Gasteiger partial charge on any atom is -0.325 e. The van der Waals surface area contributed by atoms with Gasteiger partial charge in [0.25, 0.3) is 0 Å². The molecule has 0 fully saturated rings. The molecule has 0 aliphatic carbocycles. The quantitative estimate of drug-likeness (QED) is 0.374. The Labute approximate surface area is 191 Å². The summed E-state index contributed by atoms with van der Waals surface area (Å²) in [7, 11) is 0. The van der Waals surface area contributed by atoms with Gasteiger partial charge in [-0.3, -0.25) is 9.20 Å². The lowest BCUT2D eigenvalue weighted by Gasteiger charge is -2.08. The Kier molecular flexibility index (Phi) is 5.28. The first kappa shape index (κ1) is 20.5. The van der Waals surface area contributed by atoms with E-state index in [0.29, 0.717) is 27.2 Å². The summed E-state index contributed by atoms with van der Waals surface area (Å²) in [6, 6.07) is 13.4. The van der Waals surface area contributed by atoms with Gasteiger partial charge in [-0.25, -0.2) is 8.91 Å². The van der Waals surface area contributed by atoms with Crippen LogP contribution in [-0.4, -0.2) is 35.9 Å². The number of thioether (sulfide) groups is 1. The van der Waals surface area contributed by atoms with E-state index >= 15 is 0 Å². The number of carbonyl (C=O) groups is 1. The summed E-state index contributed by atoms with van der Waals surface area (Å²) in [6.45, 7) is 1.90. The minimum atomic E-state index is -0.298. The van der Waals surface area contributed by atoms with Crippen LogP contribution in [0.25, 0.3) is 22.4 Å². The highest BCUT2D eigenvalue weighted by Gasteiger charge is 2.14. The maximum Gasteiger partial charge on any atom is 0.234 e. The zero-order valence-electron chi connectivity index (χ0n) is 16.8. The zero-order chi connectivity index (χ0) is 22.2. The van der Waals surface area contributed by atoms with Crippen LogP contribution in [0.1, 0.15) is 5.56 Å². The highest BCUT2D eigenvalue weighted by Crippen LogP contribution is 2.25. The summed E-state index contributed by atoms with van der Waals surface area (Å²) in [6.07, 6.45) is 3.59. The SMILES string of the molecule is Cc1ccc(Cl)cc1NC(=O)CSc1nnc2c3cc(-c4ccc(F)cc4)nn3ccn12. The number of aryl methyl sites for hydroxylation is 1. The molecule has 2 aromatic carbocycles. The van der Waals surface area contributed by atoms with Crippen LogP contribution in [0.3, 0.4) is 0 Å². The minimum absolute atomic E-state index is 0.165. The predicted molar refractivity (Wildman–Crippen MR) is 123 cm³/mol. The van der Waals surface area contributed by atoms with E-state index in [1.807, 2.05) is 23.5 Å². The Bertz CT molecular complexity index is 1460. The van der Waals surface area contributed by atoms with E-state index in [9.17, 15) is 9.18 Å². The molecule has 5 aromatic rings. The number of anilines is 1. The summed E-state index contributed by atoms with van der Waals surface area (Å²) in [5, 5.41) is 17.1. The molecule has 0 unspecified atom stereocenters. The van der Waals surface area contributed by atoms with Crippen LogP contribution in [-0.2, 0) is 4.79 Å². The number of carbonyl (C=O) groups excluding carboxylic acids is 1. The molecule has 0 atom stereocenters. The second kappa shape index (κ2) is 8.25. The van der Waals surface area contributed by atoms with Crippen molar-refractivity contribution < 1.29 is 9.18 Å². The lowest BCUT2D eigenvalue weighted by atomic mass is 10.1. The summed E-state index contributed by atoms with van der Waals surface area (Å²) in [4.78, 5) is 12.4. The van der Waals surface area contributed by atoms with E-state index in [1.54, 1.807) is 41.2 Å². The summed E-state index contributed by atoms with van der Waals surface area (Å²) in [5.41, 5.74) is 4.48. The van der Waals surface area contributed by atoms with Crippen LogP contribution in [0.5, 0.6) is 0 Å². The zero-order valence-corrected chi connectivity index (χ0v) is 18.4. The molecule has 5 rings (SSSR count).